The quantitative estimate of drug-likeness (QED) is 0.477. The molecule has 3 N–H and O–H groups in total. The molecule has 2 aromatic carbocycles. The van der Waals surface area contributed by atoms with Gasteiger partial charge < -0.3 is 20.4 Å². The Balaban J connectivity index is 2.11. The zero-order chi connectivity index (χ0) is 25.4. The molecule has 0 radical (unpaired) electrons. The summed E-state index contributed by atoms with van der Waals surface area (Å²) >= 11 is 5.87. The summed E-state index contributed by atoms with van der Waals surface area (Å²) in [5, 5.41) is 1.92. The first-order valence-corrected chi connectivity index (χ1v) is 9.83. The van der Waals surface area contributed by atoms with Crippen molar-refractivity contribution in [2.24, 2.45) is 12.8 Å². The van der Waals surface area contributed by atoms with Crippen molar-refractivity contribution in [1.82, 2.24) is 9.55 Å². The van der Waals surface area contributed by atoms with Crippen LogP contribution in [0.4, 0.5) is 27.6 Å². The summed E-state index contributed by atoms with van der Waals surface area (Å²) in [6.07, 6.45) is -5.99. The molecular weight excluding hydrogens is 487 g/mol. The van der Waals surface area contributed by atoms with Crippen LogP contribution >= 0.6 is 11.6 Å². The lowest BCUT2D eigenvalue weighted by atomic mass is 10.1. The molecule has 1 aromatic heterocycles. The molecule has 1 unspecified atom stereocenters. The third-order valence-corrected chi connectivity index (χ3v) is 4.97. The number of nitrogens with one attached hydrogen (secondary N) is 1. The van der Waals surface area contributed by atoms with Gasteiger partial charge in [-0.05, 0) is 31.2 Å². The summed E-state index contributed by atoms with van der Waals surface area (Å²) in [6, 6.07) is 4.96. The van der Waals surface area contributed by atoms with Crippen LogP contribution in [0.5, 0.6) is 5.75 Å². The minimum Gasteiger partial charge on any atom is -0.480 e. The number of carbonyl (C=O) groups is 2. The lowest BCUT2D eigenvalue weighted by molar-refractivity contribution is -0.189. The molecule has 0 aliphatic carbocycles. The maximum absolute atomic E-state index is 15.0. The zero-order valence-corrected chi connectivity index (χ0v) is 18.3. The second kappa shape index (κ2) is 9.29. The smallest absolute Gasteiger partial charge is 0.425 e. The maximum Gasteiger partial charge on any atom is 0.425 e. The van der Waals surface area contributed by atoms with E-state index in [1.54, 1.807) is 0 Å². The molecule has 180 valence electrons. The number of hydrogen-bond acceptors (Lipinski definition) is 4. The van der Waals surface area contributed by atoms with Gasteiger partial charge in [-0.25, -0.2) is 13.8 Å². The van der Waals surface area contributed by atoms with Crippen LogP contribution in [-0.2, 0) is 7.05 Å². The zero-order valence-electron chi connectivity index (χ0n) is 17.5. The first-order valence-electron chi connectivity index (χ1n) is 9.45. The van der Waals surface area contributed by atoms with Gasteiger partial charge in [0.2, 0.25) is 0 Å². The fourth-order valence-corrected chi connectivity index (χ4v) is 3.12. The molecule has 0 saturated carbocycles. The molecule has 1 atom stereocenters. The Morgan fingerprint density at radius 3 is 2.44 bits per heavy atom. The van der Waals surface area contributed by atoms with Crippen molar-refractivity contribution in [2.75, 3.05) is 5.32 Å². The van der Waals surface area contributed by atoms with Gasteiger partial charge in [0.25, 0.3) is 11.8 Å². The predicted octanol–water partition coefficient (Wildman–Crippen LogP) is 4.70. The van der Waals surface area contributed by atoms with Crippen LogP contribution in [0, 0.1) is 11.6 Å². The lowest BCUT2D eigenvalue weighted by Gasteiger charge is -2.20. The number of anilines is 1. The highest BCUT2D eigenvalue weighted by atomic mass is 35.5. The number of nitrogens with zero attached hydrogens (tertiary/aromatic N) is 2. The minimum atomic E-state index is -4.82. The van der Waals surface area contributed by atoms with E-state index in [2.05, 4.69) is 10.3 Å². The van der Waals surface area contributed by atoms with E-state index in [1.807, 2.05) is 0 Å². The monoisotopic (exact) mass is 502 g/mol. The number of aromatic nitrogens is 2. The highest BCUT2D eigenvalue weighted by Gasteiger charge is 2.39. The molecule has 0 bridgehead atoms. The number of primary amides is 1. The average molecular weight is 503 g/mol. The van der Waals surface area contributed by atoms with E-state index in [9.17, 15) is 31.5 Å². The van der Waals surface area contributed by atoms with Gasteiger partial charge in [0.15, 0.2) is 11.9 Å². The molecule has 0 aliphatic rings. The van der Waals surface area contributed by atoms with Gasteiger partial charge in [-0.3, -0.25) is 9.59 Å². The second-order valence-corrected chi connectivity index (χ2v) is 7.51. The number of benzene rings is 2. The molecule has 0 spiro atoms. The van der Waals surface area contributed by atoms with Gasteiger partial charge in [-0.2, -0.15) is 13.2 Å². The van der Waals surface area contributed by atoms with E-state index >= 15 is 0 Å². The molecule has 13 heteroatoms. The molecule has 34 heavy (non-hydrogen) atoms. The maximum atomic E-state index is 15.0. The number of carbonyl (C=O) groups excluding carboxylic acids is 2. The molecule has 0 fully saturated rings. The van der Waals surface area contributed by atoms with E-state index < -0.39 is 52.7 Å². The standard InChI is InChI=1S/C21H16ClF5N4O3/c1-9(21(25,26)27)34-16-7-10(15-8-31(2)19(29-15)18(28)32)14(24)6-11(16)20(33)30-17-12(22)4-3-5-13(17)23/h3-9H,1-2H3,(H2,28,32)(H,30,33). The minimum absolute atomic E-state index is 0.151. The third kappa shape index (κ3) is 5.11. The van der Waals surface area contributed by atoms with Gasteiger partial charge in [-0.1, -0.05) is 17.7 Å². The Morgan fingerprint density at radius 1 is 1.21 bits per heavy atom. The van der Waals surface area contributed by atoms with Gasteiger partial charge in [0.05, 0.1) is 22.0 Å². The topological polar surface area (TPSA) is 99.2 Å². The van der Waals surface area contributed by atoms with E-state index in [4.69, 9.17) is 22.1 Å². The van der Waals surface area contributed by atoms with Crippen molar-refractivity contribution in [1.29, 1.82) is 0 Å². The SMILES string of the molecule is CC(Oc1cc(-c2cn(C)c(C(N)=O)n2)c(F)cc1C(=O)Nc1c(F)cccc1Cl)C(F)(F)F. The second-order valence-electron chi connectivity index (χ2n) is 7.11. The first kappa shape index (κ1) is 25.0. The summed E-state index contributed by atoms with van der Waals surface area (Å²) < 4.78 is 74.5. The third-order valence-electron chi connectivity index (χ3n) is 4.65. The van der Waals surface area contributed by atoms with Crippen LogP contribution in [0.1, 0.15) is 27.9 Å². The number of halogens is 6. The summed E-state index contributed by atoms with van der Waals surface area (Å²) in [7, 11) is 1.40. The van der Waals surface area contributed by atoms with Gasteiger partial charge in [0.1, 0.15) is 17.4 Å². The highest BCUT2D eigenvalue weighted by molar-refractivity contribution is 6.34. The van der Waals surface area contributed by atoms with Gasteiger partial charge >= 0.3 is 6.18 Å². The fraction of sp³-hybridized carbons (Fsp3) is 0.190. The van der Waals surface area contributed by atoms with Crippen LogP contribution in [0.15, 0.2) is 36.5 Å². The lowest BCUT2D eigenvalue weighted by Crippen LogP contribution is -2.32. The number of imidazole rings is 1. The van der Waals surface area contributed by atoms with E-state index in [0.717, 1.165) is 12.1 Å². The van der Waals surface area contributed by atoms with Crippen LogP contribution in [0.2, 0.25) is 5.02 Å². The Labute approximate surface area is 194 Å². The number of para-hydroxylation sites is 1. The van der Waals surface area contributed by atoms with Crippen LogP contribution in [0.25, 0.3) is 11.3 Å². The summed E-state index contributed by atoms with van der Waals surface area (Å²) in [5.74, 6) is -5.01. The molecule has 2 amide bonds. The number of aryl methyl sites for hydroxylation is 1. The van der Waals surface area contributed by atoms with Gasteiger partial charge in [0, 0.05) is 18.8 Å². The molecule has 3 rings (SSSR count). The summed E-state index contributed by atoms with van der Waals surface area (Å²) in [4.78, 5) is 28.1. The van der Waals surface area contributed by atoms with Crippen LogP contribution in [-0.4, -0.2) is 33.6 Å². The van der Waals surface area contributed by atoms with Crippen LogP contribution in [0.3, 0.4) is 0 Å². The van der Waals surface area contributed by atoms with E-state index in [-0.39, 0.29) is 22.1 Å². The Morgan fingerprint density at radius 2 is 1.88 bits per heavy atom. The van der Waals surface area contributed by atoms with Crippen molar-refractivity contribution in [3.8, 4) is 17.0 Å². The highest BCUT2D eigenvalue weighted by Crippen LogP contribution is 2.34. The Bertz CT molecular complexity index is 1260. The van der Waals surface area contributed by atoms with E-state index in [1.165, 1.54) is 29.9 Å². The average Bonchev–Trinajstić information content (AvgIpc) is 3.12. The molecular formula is C21H16ClF5N4O3. The molecule has 7 nitrogen and oxygen atoms in total. The van der Waals surface area contributed by atoms with Crippen molar-refractivity contribution < 1.29 is 36.3 Å². The van der Waals surface area contributed by atoms with Crippen LogP contribution < -0.4 is 15.8 Å². The number of amides is 2. The van der Waals surface area contributed by atoms with Crippen molar-refractivity contribution in [3.05, 3.63) is 64.6 Å². The largest absolute Gasteiger partial charge is 0.480 e. The van der Waals surface area contributed by atoms with E-state index in [0.29, 0.717) is 13.0 Å². The summed E-state index contributed by atoms with van der Waals surface area (Å²) in [5.41, 5.74) is 3.55. The number of nitrogens with two attached hydrogens (primary N) is 1. The molecule has 1 heterocycles. The Kier molecular flexibility index (Phi) is 6.82. The molecule has 0 saturated heterocycles. The number of rotatable bonds is 6. The molecule has 3 aromatic rings. The number of hydrogen-bond donors (Lipinski definition) is 2. The molecule has 0 aliphatic heterocycles. The fourth-order valence-electron chi connectivity index (χ4n) is 2.91. The first-order chi connectivity index (χ1) is 15.8. The Hall–Kier alpha value is -3.67. The van der Waals surface area contributed by atoms with Crippen molar-refractivity contribution in [2.45, 2.75) is 19.2 Å². The number of alkyl halides is 3. The van der Waals surface area contributed by atoms with Crippen molar-refractivity contribution in [3.63, 3.8) is 0 Å². The summed E-state index contributed by atoms with van der Waals surface area (Å²) in [6.45, 7) is 0.685. The normalized spacial score (nSPS) is 12.4. The van der Waals surface area contributed by atoms with Gasteiger partial charge in [-0.15, -0.1) is 0 Å². The van der Waals surface area contributed by atoms with Crippen molar-refractivity contribution >= 4 is 29.1 Å². The predicted molar refractivity (Wildman–Crippen MR) is 113 cm³/mol. The number of ether oxygens (including phenoxy) is 1.